The highest BCUT2D eigenvalue weighted by molar-refractivity contribution is 8.03. The van der Waals surface area contributed by atoms with Gasteiger partial charge in [0, 0.05) is 0 Å². The summed E-state index contributed by atoms with van der Waals surface area (Å²) in [6.07, 6.45) is 0. The molecule has 0 atom stereocenters. The van der Waals surface area contributed by atoms with Gasteiger partial charge in [0.25, 0.3) is 24.9 Å². The summed E-state index contributed by atoms with van der Waals surface area (Å²) >= 11 is 0. The molecule has 9 heteroatoms. The van der Waals surface area contributed by atoms with Crippen LogP contribution in [0.25, 0.3) is 0 Å². The van der Waals surface area contributed by atoms with Gasteiger partial charge in [0.15, 0.2) is 0 Å². The SMILES string of the molecule is CN(C)C(S(=O)(=O)O)S(=O)(=O)O. The van der Waals surface area contributed by atoms with E-state index in [1.807, 2.05) is 0 Å². The molecule has 0 aromatic heterocycles. The van der Waals surface area contributed by atoms with Crippen molar-refractivity contribution < 1.29 is 25.9 Å². The molecule has 0 aliphatic carbocycles. The first-order valence-corrected chi connectivity index (χ1v) is 5.66. The summed E-state index contributed by atoms with van der Waals surface area (Å²) in [6, 6.07) is 0. The zero-order valence-corrected chi connectivity index (χ0v) is 8.00. The minimum atomic E-state index is -4.83. The van der Waals surface area contributed by atoms with Gasteiger partial charge in [0.05, 0.1) is 0 Å². The van der Waals surface area contributed by atoms with E-state index in [-0.39, 0.29) is 0 Å². The van der Waals surface area contributed by atoms with E-state index in [2.05, 4.69) is 0 Å². The molecular formula is C3H9NO6S2. The van der Waals surface area contributed by atoms with Gasteiger partial charge in [-0.05, 0) is 14.1 Å². The Bertz CT molecular complexity index is 307. The van der Waals surface area contributed by atoms with Crippen LogP contribution in [0.5, 0.6) is 0 Å². The third-order valence-electron chi connectivity index (χ3n) is 0.931. The van der Waals surface area contributed by atoms with Crippen LogP contribution in [0.1, 0.15) is 0 Å². The maximum Gasteiger partial charge on any atom is 0.298 e. The Hall–Kier alpha value is -0.220. The molecule has 0 heterocycles. The van der Waals surface area contributed by atoms with E-state index >= 15 is 0 Å². The van der Waals surface area contributed by atoms with Crippen molar-refractivity contribution in [1.29, 1.82) is 0 Å². The molecule has 0 spiro atoms. The molecule has 0 fully saturated rings. The fourth-order valence-electron chi connectivity index (χ4n) is 0.686. The normalized spacial score (nSPS) is 14.2. The molecule has 12 heavy (non-hydrogen) atoms. The van der Waals surface area contributed by atoms with Crippen molar-refractivity contribution in [3.8, 4) is 0 Å². The highest BCUT2D eigenvalue weighted by Crippen LogP contribution is 2.08. The fraction of sp³-hybridized carbons (Fsp3) is 1.00. The summed E-state index contributed by atoms with van der Waals surface area (Å²) in [6.45, 7) is 0. The third kappa shape index (κ3) is 3.03. The van der Waals surface area contributed by atoms with Crippen LogP contribution >= 0.6 is 0 Å². The van der Waals surface area contributed by atoms with E-state index in [4.69, 9.17) is 9.11 Å². The Kier molecular flexibility index (Phi) is 3.20. The first-order chi connectivity index (χ1) is 5.07. The molecule has 0 saturated carbocycles. The molecule has 7 nitrogen and oxygen atoms in total. The van der Waals surface area contributed by atoms with Crippen LogP contribution in [0, 0.1) is 0 Å². The lowest BCUT2D eigenvalue weighted by Gasteiger charge is -2.17. The highest BCUT2D eigenvalue weighted by atomic mass is 32.3. The molecule has 0 aromatic rings. The van der Waals surface area contributed by atoms with Gasteiger partial charge in [-0.25, -0.2) is 0 Å². The van der Waals surface area contributed by atoms with Crippen LogP contribution in [-0.2, 0) is 20.2 Å². The van der Waals surface area contributed by atoms with Crippen molar-refractivity contribution in [3.05, 3.63) is 0 Å². The predicted molar refractivity (Wildman–Crippen MR) is 40.6 cm³/mol. The summed E-state index contributed by atoms with van der Waals surface area (Å²) in [4.78, 5) is 0.657. The van der Waals surface area contributed by atoms with E-state index < -0.39 is 24.9 Å². The Labute approximate surface area is 70.5 Å². The molecule has 0 saturated heterocycles. The predicted octanol–water partition coefficient (Wildman–Crippen LogP) is -1.39. The molecule has 0 unspecified atom stereocenters. The van der Waals surface area contributed by atoms with Gasteiger partial charge in [-0.15, -0.1) is 0 Å². The molecule has 0 aliphatic heterocycles. The fourth-order valence-corrected chi connectivity index (χ4v) is 2.98. The van der Waals surface area contributed by atoms with Crippen molar-refractivity contribution >= 4 is 20.2 Å². The Morgan fingerprint density at radius 2 is 1.25 bits per heavy atom. The van der Waals surface area contributed by atoms with Gasteiger partial charge < -0.3 is 0 Å². The maximum atomic E-state index is 10.4. The van der Waals surface area contributed by atoms with Gasteiger partial charge in [-0.3, -0.25) is 14.0 Å². The average molecular weight is 219 g/mol. The standard InChI is InChI=1S/C3H9NO6S2/c1-4(2)3(11(5,6)7)12(8,9)10/h3H,1-2H3,(H,5,6,7)(H,8,9,10). The minimum absolute atomic E-state index is 0.657. The summed E-state index contributed by atoms with van der Waals surface area (Å²) in [5.74, 6) is 0. The topological polar surface area (TPSA) is 112 Å². The minimum Gasteiger partial charge on any atom is -0.283 e. The van der Waals surface area contributed by atoms with Gasteiger partial charge in [-0.2, -0.15) is 16.8 Å². The lowest BCUT2D eigenvalue weighted by molar-refractivity contribution is 0.363. The average Bonchev–Trinajstić information content (AvgIpc) is 1.49. The first-order valence-electron chi connectivity index (χ1n) is 2.66. The summed E-state index contributed by atoms with van der Waals surface area (Å²) < 4.78 is 56.0. The first kappa shape index (κ1) is 11.8. The molecule has 0 radical (unpaired) electrons. The summed E-state index contributed by atoms with van der Waals surface area (Å²) in [7, 11) is -7.49. The summed E-state index contributed by atoms with van der Waals surface area (Å²) in [5, 5.41) is 0. The second kappa shape index (κ2) is 3.26. The molecular weight excluding hydrogens is 210 g/mol. The zero-order chi connectivity index (χ0) is 10.2. The van der Waals surface area contributed by atoms with Crippen molar-refractivity contribution in [2.45, 2.75) is 4.71 Å². The Morgan fingerprint density at radius 1 is 1.00 bits per heavy atom. The van der Waals surface area contributed by atoms with Crippen molar-refractivity contribution in [2.24, 2.45) is 0 Å². The largest absolute Gasteiger partial charge is 0.298 e. The molecule has 0 amide bonds. The number of rotatable bonds is 3. The van der Waals surface area contributed by atoms with Crippen LogP contribution in [-0.4, -0.2) is 49.6 Å². The quantitative estimate of drug-likeness (QED) is 0.562. The smallest absolute Gasteiger partial charge is 0.283 e. The van der Waals surface area contributed by atoms with Crippen LogP contribution in [0.3, 0.4) is 0 Å². The highest BCUT2D eigenvalue weighted by Gasteiger charge is 2.37. The van der Waals surface area contributed by atoms with Crippen LogP contribution in [0.2, 0.25) is 0 Å². The molecule has 0 bridgehead atoms. The van der Waals surface area contributed by atoms with Gasteiger partial charge in [0.2, 0.25) is 0 Å². The number of hydrogen-bond acceptors (Lipinski definition) is 5. The monoisotopic (exact) mass is 219 g/mol. The van der Waals surface area contributed by atoms with Crippen molar-refractivity contribution in [3.63, 3.8) is 0 Å². The molecule has 74 valence electrons. The zero-order valence-electron chi connectivity index (χ0n) is 6.37. The van der Waals surface area contributed by atoms with E-state index in [9.17, 15) is 16.8 Å². The third-order valence-corrected chi connectivity index (χ3v) is 4.25. The molecule has 0 aliphatic rings. The Morgan fingerprint density at radius 3 is 1.25 bits per heavy atom. The van der Waals surface area contributed by atoms with E-state index in [1.54, 1.807) is 0 Å². The van der Waals surface area contributed by atoms with Crippen molar-refractivity contribution in [1.82, 2.24) is 4.90 Å². The van der Waals surface area contributed by atoms with Crippen LogP contribution < -0.4 is 0 Å². The van der Waals surface area contributed by atoms with Gasteiger partial charge >= 0.3 is 0 Å². The Balaban J connectivity index is 5.26. The van der Waals surface area contributed by atoms with Crippen molar-refractivity contribution in [2.75, 3.05) is 14.1 Å². The van der Waals surface area contributed by atoms with E-state index in [0.29, 0.717) is 4.90 Å². The molecule has 2 N–H and O–H groups in total. The van der Waals surface area contributed by atoms with Crippen LogP contribution in [0.4, 0.5) is 0 Å². The second-order valence-corrected chi connectivity index (χ2v) is 5.55. The number of nitrogens with zero attached hydrogens (tertiary/aromatic N) is 1. The van der Waals surface area contributed by atoms with Gasteiger partial charge in [0.1, 0.15) is 0 Å². The molecule has 0 rings (SSSR count). The number of hydrogen-bond donors (Lipinski definition) is 2. The summed E-state index contributed by atoms with van der Waals surface area (Å²) in [5.41, 5.74) is 0. The second-order valence-electron chi connectivity index (χ2n) is 2.30. The lowest BCUT2D eigenvalue weighted by atomic mass is 11.0. The lowest BCUT2D eigenvalue weighted by Crippen LogP contribution is -2.41. The van der Waals surface area contributed by atoms with Gasteiger partial charge in [-0.1, -0.05) is 0 Å². The van der Waals surface area contributed by atoms with Crippen LogP contribution in [0.15, 0.2) is 0 Å². The van der Waals surface area contributed by atoms with E-state index in [1.165, 1.54) is 0 Å². The maximum absolute atomic E-state index is 10.4. The molecule has 0 aromatic carbocycles. The van der Waals surface area contributed by atoms with E-state index in [0.717, 1.165) is 14.1 Å².